The van der Waals surface area contributed by atoms with E-state index in [-0.39, 0.29) is 0 Å². The Morgan fingerprint density at radius 2 is 1.85 bits per heavy atom. The minimum Gasteiger partial charge on any atom is -0.304 e. The van der Waals surface area contributed by atoms with Gasteiger partial charge in [0.2, 0.25) is 0 Å². The molecular formula is C11H26N2. The largest absolute Gasteiger partial charge is 0.304 e. The van der Waals surface area contributed by atoms with Crippen molar-refractivity contribution in [2.75, 3.05) is 27.3 Å². The first-order chi connectivity index (χ1) is 5.90. The summed E-state index contributed by atoms with van der Waals surface area (Å²) in [6.07, 6.45) is 1.26. The third-order valence-electron chi connectivity index (χ3n) is 2.96. The second kappa shape index (κ2) is 5.61. The second-order valence-corrected chi connectivity index (χ2v) is 4.96. The lowest BCUT2D eigenvalue weighted by Crippen LogP contribution is -2.38. The maximum Gasteiger partial charge on any atom is 0.0475 e. The van der Waals surface area contributed by atoms with E-state index in [1.165, 1.54) is 6.42 Å². The summed E-state index contributed by atoms with van der Waals surface area (Å²) < 4.78 is 0. The van der Waals surface area contributed by atoms with Crippen LogP contribution < -0.4 is 5.32 Å². The fraction of sp³-hybridized carbons (Fsp3) is 1.00. The predicted molar refractivity (Wildman–Crippen MR) is 59.8 cm³/mol. The molecule has 2 heteroatoms. The van der Waals surface area contributed by atoms with Crippen LogP contribution in [0.15, 0.2) is 0 Å². The van der Waals surface area contributed by atoms with Gasteiger partial charge in [-0.05, 0) is 25.4 Å². The SMILES string of the molecule is CCC(C)C(C)(C)CNCN(C)C. The quantitative estimate of drug-likeness (QED) is 0.640. The molecule has 0 aromatic rings. The van der Waals surface area contributed by atoms with Gasteiger partial charge in [0.1, 0.15) is 0 Å². The van der Waals surface area contributed by atoms with Crippen LogP contribution in [0.4, 0.5) is 0 Å². The average Bonchev–Trinajstić information content (AvgIpc) is 2.01. The van der Waals surface area contributed by atoms with Crippen molar-refractivity contribution >= 4 is 0 Å². The molecular weight excluding hydrogens is 160 g/mol. The molecule has 80 valence electrons. The molecule has 0 radical (unpaired) electrons. The maximum absolute atomic E-state index is 3.47. The van der Waals surface area contributed by atoms with Crippen LogP contribution >= 0.6 is 0 Å². The number of nitrogens with zero attached hydrogens (tertiary/aromatic N) is 1. The molecule has 0 aliphatic heterocycles. The fourth-order valence-corrected chi connectivity index (χ4v) is 1.33. The van der Waals surface area contributed by atoms with E-state index in [9.17, 15) is 0 Å². The van der Waals surface area contributed by atoms with E-state index in [1.54, 1.807) is 0 Å². The van der Waals surface area contributed by atoms with Gasteiger partial charge in [0, 0.05) is 13.2 Å². The van der Waals surface area contributed by atoms with Crippen molar-refractivity contribution in [3.05, 3.63) is 0 Å². The molecule has 0 aliphatic carbocycles. The lowest BCUT2D eigenvalue weighted by atomic mass is 9.78. The Bertz CT molecular complexity index is 130. The van der Waals surface area contributed by atoms with Crippen LogP contribution in [-0.4, -0.2) is 32.2 Å². The molecule has 0 aliphatic rings. The summed E-state index contributed by atoms with van der Waals surface area (Å²) in [7, 11) is 4.17. The first kappa shape index (κ1) is 12.9. The minimum absolute atomic E-state index is 0.408. The molecule has 1 atom stereocenters. The normalized spacial score (nSPS) is 15.0. The molecule has 0 heterocycles. The van der Waals surface area contributed by atoms with Gasteiger partial charge in [0.05, 0.1) is 0 Å². The molecule has 0 saturated heterocycles. The van der Waals surface area contributed by atoms with Gasteiger partial charge in [0.15, 0.2) is 0 Å². The van der Waals surface area contributed by atoms with Crippen molar-refractivity contribution in [2.24, 2.45) is 11.3 Å². The van der Waals surface area contributed by atoms with Crippen molar-refractivity contribution in [2.45, 2.75) is 34.1 Å². The summed E-state index contributed by atoms with van der Waals surface area (Å²) in [5.74, 6) is 0.780. The summed E-state index contributed by atoms with van der Waals surface area (Å²) in [4.78, 5) is 2.16. The maximum atomic E-state index is 3.47. The zero-order valence-corrected chi connectivity index (χ0v) is 10.1. The van der Waals surface area contributed by atoms with Crippen LogP contribution in [0.25, 0.3) is 0 Å². The third-order valence-corrected chi connectivity index (χ3v) is 2.96. The molecule has 0 bridgehead atoms. The van der Waals surface area contributed by atoms with Crippen LogP contribution in [0.5, 0.6) is 0 Å². The van der Waals surface area contributed by atoms with Crippen LogP contribution in [-0.2, 0) is 0 Å². The lowest BCUT2D eigenvalue weighted by molar-refractivity contribution is 0.202. The van der Waals surface area contributed by atoms with Gasteiger partial charge < -0.3 is 5.32 Å². The Balaban J connectivity index is 3.75. The average molecular weight is 186 g/mol. The number of rotatable bonds is 6. The van der Waals surface area contributed by atoms with Crippen LogP contribution in [0.3, 0.4) is 0 Å². The van der Waals surface area contributed by atoms with Crippen LogP contribution in [0, 0.1) is 11.3 Å². The highest BCUT2D eigenvalue weighted by atomic mass is 15.2. The summed E-state index contributed by atoms with van der Waals surface area (Å²) in [6, 6.07) is 0. The molecule has 0 saturated carbocycles. The Morgan fingerprint density at radius 3 is 2.23 bits per heavy atom. The molecule has 0 amide bonds. The lowest BCUT2D eigenvalue weighted by Gasteiger charge is -2.32. The van der Waals surface area contributed by atoms with Crippen molar-refractivity contribution < 1.29 is 0 Å². The highest BCUT2D eigenvalue weighted by molar-refractivity contribution is 4.76. The van der Waals surface area contributed by atoms with Gasteiger partial charge in [-0.15, -0.1) is 0 Å². The Hall–Kier alpha value is -0.0800. The van der Waals surface area contributed by atoms with E-state index < -0.39 is 0 Å². The molecule has 0 rings (SSSR count). The highest BCUT2D eigenvalue weighted by Crippen LogP contribution is 2.27. The minimum atomic E-state index is 0.408. The van der Waals surface area contributed by atoms with E-state index in [4.69, 9.17) is 0 Å². The summed E-state index contributed by atoms with van der Waals surface area (Å²) in [5.41, 5.74) is 0.408. The van der Waals surface area contributed by atoms with E-state index in [0.29, 0.717) is 5.41 Å². The summed E-state index contributed by atoms with van der Waals surface area (Å²) in [6.45, 7) is 11.3. The predicted octanol–water partition coefficient (Wildman–Crippen LogP) is 2.17. The molecule has 2 nitrogen and oxygen atoms in total. The third kappa shape index (κ3) is 5.27. The molecule has 0 fully saturated rings. The Labute approximate surface area is 83.7 Å². The smallest absolute Gasteiger partial charge is 0.0475 e. The summed E-state index contributed by atoms with van der Waals surface area (Å²) in [5, 5.41) is 3.47. The number of hydrogen-bond acceptors (Lipinski definition) is 2. The van der Waals surface area contributed by atoms with Crippen molar-refractivity contribution in [1.29, 1.82) is 0 Å². The fourth-order valence-electron chi connectivity index (χ4n) is 1.33. The van der Waals surface area contributed by atoms with Crippen molar-refractivity contribution in [3.8, 4) is 0 Å². The molecule has 1 N–H and O–H groups in total. The first-order valence-corrected chi connectivity index (χ1v) is 5.25. The molecule has 0 spiro atoms. The van der Waals surface area contributed by atoms with Gasteiger partial charge in [-0.25, -0.2) is 0 Å². The van der Waals surface area contributed by atoms with Crippen molar-refractivity contribution in [3.63, 3.8) is 0 Å². The van der Waals surface area contributed by atoms with Gasteiger partial charge in [0.25, 0.3) is 0 Å². The molecule has 1 unspecified atom stereocenters. The highest BCUT2D eigenvalue weighted by Gasteiger charge is 2.23. The monoisotopic (exact) mass is 186 g/mol. The molecule has 0 aromatic heterocycles. The van der Waals surface area contributed by atoms with Gasteiger partial charge in [-0.1, -0.05) is 34.1 Å². The first-order valence-electron chi connectivity index (χ1n) is 5.25. The van der Waals surface area contributed by atoms with E-state index >= 15 is 0 Å². The van der Waals surface area contributed by atoms with Gasteiger partial charge in [-0.2, -0.15) is 0 Å². The van der Waals surface area contributed by atoms with E-state index in [1.807, 2.05) is 0 Å². The zero-order chi connectivity index (χ0) is 10.5. The zero-order valence-electron chi connectivity index (χ0n) is 10.1. The number of nitrogens with one attached hydrogen (secondary N) is 1. The topological polar surface area (TPSA) is 15.3 Å². The van der Waals surface area contributed by atoms with Crippen molar-refractivity contribution in [1.82, 2.24) is 10.2 Å². The Kier molecular flexibility index (Phi) is 5.57. The van der Waals surface area contributed by atoms with E-state index in [2.05, 4.69) is 52.0 Å². The molecule has 13 heavy (non-hydrogen) atoms. The number of hydrogen-bond donors (Lipinski definition) is 1. The standard InChI is InChI=1S/C11H26N2/c1-7-10(2)11(3,4)8-12-9-13(5)6/h10,12H,7-9H2,1-6H3. The van der Waals surface area contributed by atoms with Crippen LogP contribution in [0.2, 0.25) is 0 Å². The second-order valence-electron chi connectivity index (χ2n) is 4.96. The van der Waals surface area contributed by atoms with Gasteiger partial charge >= 0.3 is 0 Å². The van der Waals surface area contributed by atoms with Gasteiger partial charge in [-0.3, -0.25) is 4.90 Å². The van der Waals surface area contributed by atoms with Crippen LogP contribution in [0.1, 0.15) is 34.1 Å². The Morgan fingerprint density at radius 1 is 1.31 bits per heavy atom. The summed E-state index contributed by atoms with van der Waals surface area (Å²) >= 11 is 0. The molecule has 0 aromatic carbocycles. The van der Waals surface area contributed by atoms with E-state index in [0.717, 1.165) is 19.1 Å².